The van der Waals surface area contributed by atoms with Crippen LogP contribution in [-0.2, 0) is 20.6 Å². The minimum absolute atomic E-state index is 0.225. The summed E-state index contributed by atoms with van der Waals surface area (Å²) in [6, 6.07) is 4.78. The van der Waals surface area contributed by atoms with Gasteiger partial charge in [0.05, 0.1) is 5.56 Å². The molecule has 0 aliphatic rings. The van der Waals surface area contributed by atoms with Gasteiger partial charge in [-0.25, -0.2) is 9.18 Å². The van der Waals surface area contributed by atoms with Crippen molar-refractivity contribution in [1.29, 1.82) is 0 Å². The number of halogens is 1. The van der Waals surface area contributed by atoms with E-state index >= 15 is 0 Å². The van der Waals surface area contributed by atoms with Gasteiger partial charge < -0.3 is 9.88 Å². The van der Waals surface area contributed by atoms with Gasteiger partial charge in [0.1, 0.15) is 5.82 Å². The van der Waals surface area contributed by atoms with Crippen LogP contribution in [0.4, 0.5) is 10.1 Å². The molecule has 0 amide bonds. The number of rotatable bonds is 3. The van der Waals surface area contributed by atoms with E-state index in [2.05, 4.69) is 5.32 Å². The molecule has 1 N–H and O–H groups in total. The predicted octanol–water partition coefficient (Wildman–Crippen LogP) is 1.14. The van der Waals surface area contributed by atoms with E-state index in [0.717, 1.165) is 4.57 Å². The number of hydrogen-bond donors (Lipinski definition) is 1. The summed E-state index contributed by atoms with van der Waals surface area (Å²) in [6.07, 6.45) is 1.49. The van der Waals surface area contributed by atoms with Gasteiger partial charge in [-0.15, -0.1) is 0 Å². The van der Waals surface area contributed by atoms with Gasteiger partial charge in [0.15, 0.2) is 0 Å². The lowest BCUT2D eigenvalue weighted by molar-refractivity contribution is 0.619. The van der Waals surface area contributed by atoms with E-state index in [4.69, 9.17) is 0 Å². The summed E-state index contributed by atoms with van der Waals surface area (Å²) in [7, 11) is 3.01. The smallest absolute Gasteiger partial charge is 0.330 e. The Morgan fingerprint density at radius 3 is 2.60 bits per heavy atom. The SMILES string of the molecule is Cc1ccc(NCc2cn(C)c(=O)n(C)c2=O)cc1F. The topological polar surface area (TPSA) is 56.0 Å². The van der Waals surface area contributed by atoms with Crippen molar-refractivity contribution in [1.82, 2.24) is 9.13 Å². The first-order valence-corrected chi connectivity index (χ1v) is 6.15. The molecule has 0 aliphatic heterocycles. The summed E-state index contributed by atoms with van der Waals surface area (Å²) in [6.45, 7) is 1.91. The second-order valence-corrected chi connectivity index (χ2v) is 4.73. The van der Waals surface area contributed by atoms with Crippen molar-refractivity contribution in [3.63, 3.8) is 0 Å². The molecule has 106 valence electrons. The molecule has 1 heterocycles. The van der Waals surface area contributed by atoms with Gasteiger partial charge in [-0.1, -0.05) is 6.07 Å². The van der Waals surface area contributed by atoms with Gasteiger partial charge in [0.2, 0.25) is 0 Å². The first kappa shape index (κ1) is 14.0. The van der Waals surface area contributed by atoms with Crippen molar-refractivity contribution in [2.24, 2.45) is 14.1 Å². The predicted molar refractivity (Wildman–Crippen MR) is 75.4 cm³/mol. The molecule has 0 aliphatic carbocycles. The van der Waals surface area contributed by atoms with Crippen molar-refractivity contribution in [2.75, 3.05) is 5.32 Å². The number of aromatic nitrogens is 2. The van der Waals surface area contributed by atoms with Gasteiger partial charge in [-0.2, -0.15) is 0 Å². The summed E-state index contributed by atoms with van der Waals surface area (Å²) in [4.78, 5) is 23.5. The molecule has 0 saturated carbocycles. The summed E-state index contributed by atoms with van der Waals surface area (Å²) in [5.41, 5.74) is 0.862. The molecule has 2 aromatic rings. The van der Waals surface area contributed by atoms with Gasteiger partial charge >= 0.3 is 5.69 Å². The van der Waals surface area contributed by atoms with E-state index in [-0.39, 0.29) is 23.6 Å². The maximum atomic E-state index is 13.4. The summed E-state index contributed by atoms with van der Waals surface area (Å²) >= 11 is 0. The van der Waals surface area contributed by atoms with Gasteiger partial charge in [-0.05, 0) is 24.6 Å². The number of anilines is 1. The molecule has 0 saturated heterocycles. The molecule has 1 aromatic heterocycles. The molecule has 2 rings (SSSR count). The fraction of sp³-hybridized carbons (Fsp3) is 0.286. The van der Waals surface area contributed by atoms with Crippen LogP contribution in [0, 0.1) is 12.7 Å². The first-order valence-electron chi connectivity index (χ1n) is 6.15. The molecular weight excluding hydrogens is 261 g/mol. The normalized spacial score (nSPS) is 10.6. The summed E-state index contributed by atoms with van der Waals surface area (Å²) in [5, 5.41) is 2.98. The standard InChI is InChI=1S/C14H16FN3O2/c1-9-4-5-11(6-12(9)15)16-7-10-8-17(2)14(20)18(3)13(10)19/h4-6,8,16H,7H2,1-3H3. The maximum absolute atomic E-state index is 13.4. The summed E-state index contributed by atoms with van der Waals surface area (Å²) < 4.78 is 15.8. The van der Waals surface area contributed by atoms with Crippen molar-refractivity contribution < 1.29 is 4.39 Å². The molecule has 0 unspecified atom stereocenters. The van der Waals surface area contributed by atoms with Crippen LogP contribution in [0.1, 0.15) is 11.1 Å². The highest BCUT2D eigenvalue weighted by atomic mass is 19.1. The Hall–Kier alpha value is -2.37. The van der Waals surface area contributed by atoms with Crippen molar-refractivity contribution >= 4 is 5.69 Å². The molecular formula is C14H16FN3O2. The average Bonchev–Trinajstić information content (AvgIpc) is 2.42. The fourth-order valence-electron chi connectivity index (χ4n) is 1.90. The average molecular weight is 277 g/mol. The minimum atomic E-state index is -0.375. The largest absolute Gasteiger partial charge is 0.381 e. The number of hydrogen-bond acceptors (Lipinski definition) is 3. The molecule has 6 heteroatoms. The van der Waals surface area contributed by atoms with Gasteiger partial charge in [0, 0.05) is 32.5 Å². The van der Waals surface area contributed by atoms with Crippen molar-refractivity contribution in [3.8, 4) is 0 Å². The third-order valence-electron chi connectivity index (χ3n) is 3.17. The van der Waals surface area contributed by atoms with E-state index in [0.29, 0.717) is 16.8 Å². The molecule has 0 fully saturated rings. The maximum Gasteiger partial charge on any atom is 0.330 e. The van der Waals surface area contributed by atoms with Crippen LogP contribution in [-0.4, -0.2) is 9.13 Å². The zero-order valence-electron chi connectivity index (χ0n) is 11.6. The van der Waals surface area contributed by atoms with Crippen LogP contribution < -0.4 is 16.6 Å². The molecule has 1 aromatic carbocycles. The molecule has 0 spiro atoms. The molecule has 0 radical (unpaired) electrons. The van der Waals surface area contributed by atoms with E-state index in [1.165, 1.54) is 23.9 Å². The zero-order chi connectivity index (χ0) is 14.9. The lowest BCUT2D eigenvalue weighted by Crippen LogP contribution is -2.38. The number of benzene rings is 1. The van der Waals surface area contributed by atoms with Gasteiger partial charge in [-0.3, -0.25) is 9.36 Å². The van der Waals surface area contributed by atoms with Crippen LogP contribution in [0.15, 0.2) is 34.0 Å². The monoisotopic (exact) mass is 277 g/mol. The lowest BCUT2D eigenvalue weighted by atomic mass is 10.2. The third-order valence-corrected chi connectivity index (χ3v) is 3.17. The Balaban J connectivity index is 2.25. The number of nitrogens with zero attached hydrogens (tertiary/aromatic N) is 2. The van der Waals surface area contributed by atoms with Crippen LogP contribution in [0.2, 0.25) is 0 Å². The van der Waals surface area contributed by atoms with E-state index in [9.17, 15) is 14.0 Å². The molecule has 0 atom stereocenters. The zero-order valence-corrected chi connectivity index (χ0v) is 11.6. The molecule has 0 bridgehead atoms. The van der Waals surface area contributed by atoms with E-state index in [1.54, 1.807) is 26.1 Å². The van der Waals surface area contributed by atoms with Crippen LogP contribution in [0.5, 0.6) is 0 Å². The fourth-order valence-corrected chi connectivity index (χ4v) is 1.90. The second kappa shape index (κ2) is 5.32. The van der Waals surface area contributed by atoms with Crippen LogP contribution >= 0.6 is 0 Å². The lowest BCUT2D eigenvalue weighted by Gasteiger charge is -2.09. The van der Waals surface area contributed by atoms with Crippen molar-refractivity contribution in [2.45, 2.75) is 13.5 Å². The summed E-state index contributed by atoms with van der Waals surface area (Å²) in [5.74, 6) is -0.302. The number of aryl methyl sites for hydroxylation is 2. The third kappa shape index (κ3) is 2.64. The van der Waals surface area contributed by atoms with E-state index in [1.807, 2.05) is 0 Å². The molecule has 20 heavy (non-hydrogen) atoms. The highest BCUT2D eigenvalue weighted by Gasteiger charge is 2.07. The van der Waals surface area contributed by atoms with Crippen LogP contribution in [0.25, 0.3) is 0 Å². The van der Waals surface area contributed by atoms with E-state index < -0.39 is 0 Å². The Bertz CT molecular complexity index is 762. The molecule has 5 nitrogen and oxygen atoms in total. The Morgan fingerprint density at radius 1 is 1.25 bits per heavy atom. The van der Waals surface area contributed by atoms with Gasteiger partial charge in [0.25, 0.3) is 5.56 Å². The van der Waals surface area contributed by atoms with Crippen molar-refractivity contribution in [3.05, 3.63) is 62.2 Å². The Labute approximate surface area is 115 Å². The first-order chi connectivity index (χ1) is 9.40. The Kier molecular flexibility index (Phi) is 3.74. The number of nitrogens with one attached hydrogen (secondary N) is 1. The van der Waals surface area contributed by atoms with Crippen LogP contribution in [0.3, 0.4) is 0 Å². The highest BCUT2D eigenvalue weighted by Crippen LogP contribution is 2.13. The highest BCUT2D eigenvalue weighted by molar-refractivity contribution is 5.45. The second-order valence-electron chi connectivity index (χ2n) is 4.73. The Morgan fingerprint density at radius 2 is 1.95 bits per heavy atom. The minimum Gasteiger partial charge on any atom is -0.381 e. The quantitative estimate of drug-likeness (QED) is 0.915.